The molecule has 0 atom stereocenters. The van der Waals surface area contributed by atoms with Gasteiger partial charge in [-0.3, -0.25) is 19.0 Å². The number of halogens is 3. The number of hydrogen-bond donors (Lipinski definition) is 2. The average molecular weight is 456 g/mol. The molecular formula is C22H15F3N4O4. The van der Waals surface area contributed by atoms with Gasteiger partial charge in [-0.2, -0.15) is 13.2 Å². The number of fused-ring (bicyclic) bond motifs is 1. The number of amides is 2. The number of nitrogens with one attached hydrogen (secondary N) is 2. The van der Waals surface area contributed by atoms with Crippen LogP contribution in [-0.2, 0) is 17.5 Å². The van der Waals surface area contributed by atoms with Gasteiger partial charge in [0.2, 0.25) is 5.91 Å². The number of furan rings is 1. The lowest BCUT2D eigenvalue weighted by atomic mass is 10.1. The highest BCUT2D eigenvalue weighted by atomic mass is 19.4. The number of anilines is 2. The number of nitrogens with zero attached hydrogens (tertiary/aromatic N) is 2. The van der Waals surface area contributed by atoms with Gasteiger partial charge in [-0.1, -0.05) is 12.1 Å². The molecule has 0 saturated heterocycles. The Balaban J connectivity index is 1.59. The standard InChI is InChI=1S/C22H15F3N4O4/c23-22(24,25)14-10-13(27-21(32)18-6-3-9-33-18)7-8-15(14)28-19(30)12-29-17-5-2-1-4-16(17)26-11-20(29)31/h1-11H,12H2,(H,27,32)(H,28,30). The summed E-state index contributed by atoms with van der Waals surface area (Å²) in [5.41, 5.74) is -1.58. The fourth-order valence-corrected chi connectivity index (χ4v) is 3.18. The number of benzene rings is 2. The molecule has 0 unspecified atom stereocenters. The van der Waals surface area contributed by atoms with Gasteiger partial charge in [0.05, 0.1) is 34.7 Å². The quantitative estimate of drug-likeness (QED) is 0.474. The van der Waals surface area contributed by atoms with E-state index in [1.165, 1.54) is 24.5 Å². The summed E-state index contributed by atoms with van der Waals surface area (Å²) >= 11 is 0. The summed E-state index contributed by atoms with van der Waals surface area (Å²) < 4.78 is 47.0. The van der Waals surface area contributed by atoms with E-state index >= 15 is 0 Å². The smallest absolute Gasteiger partial charge is 0.418 e. The maximum atomic E-state index is 13.6. The normalized spacial score (nSPS) is 11.4. The molecule has 0 fully saturated rings. The van der Waals surface area contributed by atoms with Crippen molar-refractivity contribution >= 4 is 34.2 Å². The Kier molecular flexibility index (Phi) is 5.69. The summed E-state index contributed by atoms with van der Waals surface area (Å²) in [5, 5.41) is 4.50. The lowest BCUT2D eigenvalue weighted by Gasteiger charge is -2.16. The molecule has 11 heteroatoms. The first kappa shape index (κ1) is 21.8. The van der Waals surface area contributed by atoms with E-state index in [0.717, 1.165) is 16.8 Å². The largest absolute Gasteiger partial charge is 0.459 e. The van der Waals surface area contributed by atoms with Crippen molar-refractivity contribution in [2.45, 2.75) is 12.7 Å². The second-order valence-corrected chi connectivity index (χ2v) is 6.91. The molecule has 0 aliphatic rings. The average Bonchev–Trinajstić information content (AvgIpc) is 3.31. The van der Waals surface area contributed by atoms with E-state index < -0.39 is 41.3 Å². The highest BCUT2D eigenvalue weighted by Crippen LogP contribution is 2.36. The van der Waals surface area contributed by atoms with Gasteiger partial charge >= 0.3 is 6.18 Å². The van der Waals surface area contributed by atoms with Gasteiger partial charge in [0, 0.05) is 5.69 Å². The zero-order valence-electron chi connectivity index (χ0n) is 16.7. The molecule has 0 bridgehead atoms. The Hall–Kier alpha value is -4.41. The van der Waals surface area contributed by atoms with E-state index in [9.17, 15) is 27.6 Å². The number of carbonyl (C=O) groups is 2. The van der Waals surface area contributed by atoms with E-state index in [1.807, 2.05) is 0 Å². The number of rotatable bonds is 5. The summed E-state index contributed by atoms with van der Waals surface area (Å²) in [4.78, 5) is 40.7. The maximum Gasteiger partial charge on any atom is 0.418 e. The molecular weight excluding hydrogens is 441 g/mol. The lowest BCUT2D eigenvalue weighted by Crippen LogP contribution is -2.28. The Morgan fingerprint density at radius 3 is 2.55 bits per heavy atom. The van der Waals surface area contributed by atoms with Crippen LogP contribution in [0.25, 0.3) is 11.0 Å². The van der Waals surface area contributed by atoms with Crippen LogP contribution in [-0.4, -0.2) is 21.4 Å². The Morgan fingerprint density at radius 1 is 1.03 bits per heavy atom. The van der Waals surface area contributed by atoms with Gasteiger partial charge < -0.3 is 15.1 Å². The summed E-state index contributed by atoms with van der Waals surface area (Å²) in [7, 11) is 0. The molecule has 0 spiro atoms. The minimum absolute atomic E-state index is 0.0732. The molecule has 33 heavy (non-hydrogen) atoms. The summed E-state index contributed by atoms with van der Waals surface area (Å²) in [6.07, 6.45) is -2.53. The van der Waals surface area contributed by atoms with Crippen LogP contribution in [0, 0.1) is 0 Å². The van der Waals surface area contributed by atoms with E-state index in [2.05, 4.69) is 15.6 Å². The van der Waals surface area contributed by atoms with Crippen LogP contribution in [0.15, 0.2) is 76.3 Å². The monoisotopic (exact) mass is 456 g/mol. The molecule has 8 nitrogen and oxygen atoms in total. The number of alkyl halides is 3. The van der Waals surface area contributed by atoms with Gasteiger partial charge in [0.1, 0.15) is 6.54 Å². The summed E-state index contributed by atoms with van der Waals surface area (Å²) in [5.74, 6) is -1.64. The van der Waals surface area contributed by atoms with Crippen LogP contribution < -0.4 is 16.2 Å². The van der Waals surface area contributed by atoms with Crippen LogP contribution in [0.4, 0.5) is 24.5 Å². The van der Waals surface area contributed by atoms with Crippen LogP contribution in [0.2, 0.25) is 0 Å². The van der Waals surface area contributed by atoms with Crippen molar-refractivity contribution in [3.8, 4) is 0 Å². The van der Waals surface area contributed by atoms with E-state index in [-0.39, 0.29) is 11.4 Å². The van der Waals surface area contributed by atoms with E-state index in [4.69, 9.17) is 4.42 Å². The van der Waals surface area contributed by atoms with Gasteiger partial charge in [-0.25, -0.2) is 4.98 Å². The Bertz CT molecular complexity index is 1400. The van der Waals surface area contributed by atoms with Crippen LogP contribution in [0.3, 0.4) is 0 Å². The van der Waals surface area contributed by atoms with Gasteiger partial charge in [0.25, 0.3) is 11.5 Å². The minimum atomic E-state index is -4.83. The van der Waals surface area contributed by atoms with Crippen molar-refractivity contribution in [2.75, 3.05) is 10.6 Å². The molecule has 2 heterocycles. The Labute approximate surface area is 183 Å². The fourth-order valence-electron chi connectivity index (χ4n) is 3.18. The molecule has 4 aromatic rings. The van der Waals surface area contributed by atoms with Crippen molar-refractivity contribution in [3.05, 3.63) is 88.7 Å². The summed E-state index contributed by atoms with van der Waals surface area (Å²) in [6.45, 7) is -0.518. The number of hydrogen-bond acceptors (Lipinski definition) is 5. The third-order valence-corrected chi connectivity index (χ3v) is 4.66. The first-order chi connectivity index (χ1) is 15.7. The predicted octanol–water partition coefficient (Wildman–Crippen LogP) is 3.90. The first-order valence-electron chi connectivity index (χ1n) is 9.53. The van der Waals surface area contributed by atoms with Crippen molar-refractivity contribution in [1.82, 2.24) is 9.55 Å². The molecule has 2 amide bonds. The minimum Gasteiger partial charge on any atom is -0.459 e. The molecule has 0 saturated carbocycles. The molecule has 2 N–H and O–H groups in total. The third-order valence-electron chi connectivity index (χ3n) is 4.66. The van der Waals surface area contributed by atoms with Crippen LogP contribution in [0.5, 0.6) is 0 Å². The molecule has 2 aromatic heterocycles. The van der Waals surface area contributed by atoms with Crippen molar-refractivity contribution in [3.63, 3.8) is 0 Å². The highest BCUT2D eigenvalue weighted by molar-refractivity contribution is 6.02. The number of para-hydroxylation sites is 2. The SMILES string of the molecule is O=C(Cn1c(=O)cnc2ccccc21)Nc1ccc(NC(=O)c2ccco2)cc1C(F)(F)F. The molecule has 0 radical (unpaired) electrons. The van der Waals surface area contributed by atoms with Gasteiger partial charge in [0.15, 0.2) is 5.76 Å². The molecule has 4 rings (SSSR count). The van der Waals surface area contributed by atoms with Gasteiger partial charge in [-0.15, -0.1) is 0 Å². The van der Waals surface area contributed by atoms with Crippen LogP contribution in [0.1, 0.15) is 16.1 Å². The third kappa shape index (κ3) is 4.76. The summed E-state index contributed by atoms with van der Waals surface area (Å²) in [6, 6.07) is 12.3. The van der Waals surface area contributed by atoms with Crippen molar-refractivity contribution in [1.29, 1.82) is 0 Å². The van der Waals surface area contributed by atoms with Crippen LogP contribution >= 0.6 is 0 Å². The van der Waals surface area contributed by atoms with E-state index in [0.29, 0.717) is 17.1 Å². The first-order valence-corrected chi connectivity index (χ1v) is 9.53. The Morgan fingerprint density at radius 2 is 1.82 bits per heavy atom. The van der Waals surface area contributed by atoms with Crippen molar-refractivity contribution in [2.24, 2.45) is 0 Å². The second-order valence-electron chi connectivity index (χ2n) is 6.91. The van der Waals surface area contributed by atoms with Crippen molar-refractivity contribution < 1.29 is 27.2 Å². The maximum absolute atomic E-state index is 13.6. The molecule has 168 valence electrons. The zero-order chi connectivity index (χ0) is 23.6. The predicted molar refractivity (Wildman–Crippen MR) is 113 cm³/mol. The highest BCUT2D eigenvalue weighted by Gasteiger charge is 2.34. The fraction of sp³-hybridized carbons (Fsp3) is 0.0909. The topological polar surface area (TPSA) is 106 Å². The molecule has 0 aliphatic carbocycles. The van der Waals surface area contributed by atoms with Gasteiger partial charge in [-0.05, 0) is 42.5 Å². The van der Waals surface area contributed by atoms with E-state index in [1.54, 1.807) is 24.3 Å². The lowest BCUT2D eigenvalue weighted by molar-refractivity contribution is -0.136. The molecule has 2 aromatic carbocycles. The molecule has 0 aliphatic heterocycles. The number of carbonyl (C=O) groups excluding carboxylic acids is 2. The zero-order valence-corrected chi connectivity index (χ0v) is 16.7. The number of aromatic nitrogens is 2. The second kappa shape index (κ2) is 8.61.